The van der Waals surface area contributed by atoms with E-state index in [1.807, 2.05) is 0 Å². The summed E-state index contributed by atoms with van der Waals surface area (Å²) >= 11 is 0. The average Bonchev–Trinajstić information content (AvgIpc) is 2.18. The maximum atomic E-state index is 9.07. The summed E-state index contributed by atoms with van der Waals surface area (Å²) in [7, 11) is 0. The third kappa shape index (κ3) is 3.09. The second kappa shape index (κ2) is 4.98. The molecule has 0 aliphatic carbocycles. The van der Waals surface area contributed by atoms with E-state index in [2.05, 4.69) is 52.0 Å². The van der Waals surface area contributed by atoms with Crippen molar-refractivity contribution in [3.05, 3.63) is 34.9 Å². The van der Waals surface area contributed by atoms with E-state index in [4.69, 9.17) is 5.26 Å². The van der Waals surface area contributed by atoms with Crippen LogP contribution >= 0.6 is 0 Å². The zero-order chi connectivity index (χ0) is 11.4. The molecule has 0 spiro atoms. The molecule has 1 aromatic carbocycles. The highest BCUT2D eigenvalue weighted by atomic mass is 14.3. The second-order valence-electron chi connectivity index (χ2n) is 4.61. The minimum atomic E-state index is 0.130. The predicted octanol–water partition coefficient (Wildman–Crippen LogP) is 3.64. The smallest absolute Gasteiger partial charge is 0.0661 e. The van der Waals surface area contributed by atoms with Crippen molar-refractivity contribution in [1.29, 1.82) is 5.26 Å². The van der Waals surface area contributed by atoms with Gasteiger partial charge in [-0.2, -0.15) is 5.26 Å². The summed E-state index contributed by atoms with van der Waals surface area (Å²) in [5.74, 6) is 0.556. The van der Waals surface area contributed by atoms with Crippen LogP contribution in [0, 0.1) is 37.0 Å². The van der Waals surface area contributed by atoms with E-state index < -0.39 is 0 Å². The molecule has 1 unspecified atom stereocenters. The van der Waals surface area contributed by atoms with Crippen molar-refractivity contribution in [2.75, 3.05) is 0 Å². The molecule has 0 bridgehead atoms. The topological polar surface area (TPSA) is 23.8 Å². The molecule has 0 aliphatic heterocycles. The first kappa shape index (κ1) is 11.8. The molecule has 1 rings (SSSR count). The number of nitriles is 1. The number of aryl methyl sites for hydroxylation is 2. The van der Waals surface area contributed by atoms with Gasteiger partial charge in [0.25, 0.3) is 0 Å². The van der Waals surface area contributed by atoms with Crippen molar-refractivity contribution >= 4 is 0 Å². The van der Waals surface area contributed by atoms with Crippen molar-refractivity contribution < 1.29 is 0 Å². The van der Waals surface area contributed by atoms with Gasteiger partial charge in [0.15, 0.2) is 0 Å². The second-order valence-corrected chi connectivity index (χ2v) is 4.61. The summed E-state index contributed by atoms with van der Waals surface area (Å²) in [6.45, 7) is 8.43. The van der Waals surface area contributed by atoms with Gasteiger partial charge in [0.1, 0.15) is 0 Å². The van der Waals surface area contributed by atoms with Gasteiger partial charge in [0.05, 0.1) is 12.0 Å². The molecule has 80 valence electrons. The maximum Gasteiger partial charge on any atom is 0.0661 e. The van der Waals surface area contributed by atoms with Gasteiger partial charge >= 0.3 is 0 Å². The zero-order valence-corrected chi connectivity index (χ0v) is 10.0. The lowest BCUT2D eigenvalue weighted by molar-refractivity contribution is 0.473. The molecule has 0 saturated heterocycles. The molecule has 0 heterocycles. The van der Waals surface area contributed by atoms with Gasteiger partial charge in [0.2, 0.25) is 0 Å². The van der Waals surface area contributed by atoms with Gasteiger partial charge in [-0.05, 0) is 37.3 Å². The van der Waals surface area contributed by atoms with E-state index in [1.165, 1.54) is 16.7 Å². The molecule has 0 N–H and O–H groups in total. The van der Waals surface area contributed by atoms with Gasteiger partial charge in [-0.3, -0.25) is 0 Å². The molecule has 0 radical (unpaired) electrons. The number of hydrogen-bond donors (Lipinski definition) is 0. The summed E-state index contributed by atoms with van der Waals surface area (Å²) in [4.78, 5) is 0. The highest BCUT2D eigenvalue weighted by Crippen LogP contribution is 2.19. The average molecular weight is 201 g/mol. The zero-order valence-electron chi connectivity index (χ0n) is 10.0. The van der Waals surface area contributed by atoms with Gasteiger partial charge in [0, 0.05) is 0 Å². The van der Waals surface area contributed by atoms with E-state index >= 15 is 0 Å². The Balaban J connectivity index is 2.89. The summed E-state index contributed by atoms with van der Waals surface area (Å²) in [5.41, 5.74) is 3.88. The first-order valence-electron chi connectivity index (χ1n) is 5.50. The molecule has 1 nitrogen and oxygen atoms in total. The molecule has 0 fully saturated rings. The van der Waals surface area contributed by atoms with Crippen molar-refractivity contribution in [1.82, 2.24) is 0 Å². The Morgan fingerprint density at radius 3 is 2.47 bits per heavy atom. The van der Waals surface area contributed by atoms with Crippen LogP contribution in [-0.2, 0) is 6.42 Å². The molecule has 1 atom stereocenters. The Bertz CT molecular complexity index is 371. The fourth-order valence-corrected chi connectivity index (χ4v) is 1.69. The summed E-state index contributed by atoms with van der Waals surface area (Å²) in [6.07, 6.45) is 0.877. The molecule has 0 saturated carbocycles. The molecule has 1 heteroatoms. The highest BCUT2D eigenvalue weighted by molar-refractivity contribution is 5.31. The van der Waals surface area contributed by atoms with E-state index in [9.17, 15) is 0 Å². The van der Waals surface area contributed by atoms with Crippen LogP contribution in [0.1, 0.15) is 30.5 Å². The predicted molar refractivity (Wildman–Crippen MR) is 63.6 cm³/mol. The number of nitrogens with zero attached hydrogens (tertiary/aromatic N) is 1. The van der Waals surface area contributed by atoms with Crippen LogP contribution in [0.4, 0.5) is 0 Å². The molecule has 15 heavy (non-hydrogen) atoms. The largest absolute Gasteiger partial charge is 0.198 e. The molecular weight excluding hydrogens is 182 g/mol. The van der Waals surface area contributed by atoms with Crippen LogP contribution < -0.4 is 0 Å². The van der Waals surface area contributed by atoms with Crippen molar-refractivity contribution in [3.8, 4) is 6.07 Å². The molecule has 0 aliphatic rings. The Morgan fingerprint density at radius 1 is 1.27 bits per heavy atom. The fraction of sp³-hybridized carbons (Fsp3) is 0.500. The molecule has 0 amide bonds. The van der Waals surface area contributed by atoms with Crippen LogP contribution in [-0.4, -0.2) is 0 Å². The van der Waals surface area contributed by atoms with Crippen molar-refractivity contribution in [3.63, 3.8) is 0 Å². The van der Waals surface area contributed by atoms with Crippen molar-refractivity contribution in [2.24, 2.45) is 11.8 Å². The molecular formula is C14H19N. The summed E-state index contributed by atoms with van der Waals surface area (Å²) in [5, 5.41) is 9.07. The maximum absolute atomic E-state index is 9.07. The first-order valence-corrected chi connectivity index (χ1v) is 5.50. The minimum absolute atomic E-state index is 0.130. The fourth-order valence-electron chi connectivity index (χ4n) is 1.69. The third-order valence-corrected chi connectivity index (χ3v) is 2.92. The number of rotatable bonds is 3. The van der Waals surface area contributed by atoms with E-state index in [0.29, 0.717) is 5.92 Å². The van der Waals surface area contributed by atoms with Crippen molar-refractivity contribution in [2.45, 2.75) is 34.1 Å². The van der Waals surface area contributed by atoms with Gasteiger partial charge in [-0.1, -0.05) is 37.6 Å². The Hall–Kier alpha value is -1.29. The summed E-state index contributed by atoms with van der Waals surface area (Å²) < 4.78 is 0. The van der Waals surface area contributed by atoms with E-state index in [1.54, 1.807) is 0 Å². The number of benzene rings is 1. The SMILES string of the molecule is Cc1ccc(C)c(CC(C#N)C(C)C)c1. The lowest BCUT2D eigenvalue weighted by atomic mass is 9.88. The third-order valence-electron chi connectivity index (χ3n) is 2.92. The lowest BCUT2D eigenvalue weighted by Gasteiger charge is -2.14. The van der Waals surface area contributed by atoms with Gasteiger partial charge < -0.3 is 0 Å². The van der Waals surface area contributed by atoms with Crippen LogP contribution in [0.15, 0.2) is 18.2 Å². The van der Waals surface area contributed by atoms with Crippen LogP contribution in [0.3, 0.4) is 0 Å². The quantitative estimate of drug-likeness (QED) is 0.732. The van der Waals surface area contributed by atoms with Crippen LogP contribution in [0.25, 0.3) is 0 Å². The van der Waals surface area contributed by atoms with Crippen LogP contribution in [0.5, 0.6) is 0 Å². The standard InChI is InChI=1S/C14H19N/c1-10(2)14(9-15)8-13-7-11(3)5-6-12(13)4/h5-7,10,14H,8H2,1-4H3. The minimum Gasteiger partial charge on any atom is -0.198 e. The Kier molecular flexibility index (Phi) is 3.91. The Morgan fingerprint density at radius 2 is 1.93 bits per heavy atom. The summed E-state index contributed by atoms with van der Waals surface area (Å²) in [6, 6.07) is 8.85. The molecule has 1 aromatic rings. The normalized spacial score (nSPS) is 12.5. The first-order chi connectivity index (χ1) is 7.04. The van der Waals surface area contributed by atoms with Gasteiger partial charge in [-0.15, -0.1) is 0 Å². The van der Waals surface area contributed by atoms with E-state index in [0.717, 1.165) is 6.42 Å². The van der Waals surface area contributed by atoms with Gasteiger partial charge in [-0.25, -0.2) is 0 Å². The lowest BCUT2D eigenvalue weighted by Crippen LogP contribution is -2.10. The van der Waals surface area contributed by atoms with E-state index in [-0.39, 0.29) is 5.92 Å². The van der Waals surface area contributed by atoms with Crippen LogP contribution in [0.2, 0.25) is 0 Å². The molecule has 0 aromatic heterocycles. The Labute approximate surface area is 92.7 Å². The number of hydrogen-bond acceptors (Lipinski definition) is 1. The monoisotopic (exact) mass is 201 g/mol. The highest BCUT2D eigenvalue weighted by Gasteiger charge is 2.14.